The molecule has 0 aliphatic heterocycles. The molecule has 0 fully saturated rings. The Morgan fingerprint density at radius 1 is 1.24 bits per heavy atom. The Bertz CT molecular complexity index is 619. The minimum Gasteiger partial charge on any atom is -0.347 e. The normalized spacial score (nSPS) is 13.0. The van der Waals surface area contributed by atoms with Gasteiger partial charge < -0.3 is 5.32 Å². The summed E-state index contributed by atoms with van der Waals surface area (Å²) < 4.78 is 0. The number of pyridine rings is 1. The Morgan fingerprint density at radius 3 is 2.57 bits per heavy atom. The lowest BCUT2D eigenvalue weighted by Gasteiger charge is -2.16. The van der Waals surface area contributed by atoms with Crippen molar-refractivity contribution < 1.29 is 4.79 Å². The summed E-state index contributed by atoms with van der Waals surface area (Å²) >= 11 is 0. The van der Waals surface area contributed by atoms with Gasteiger partial charge in [0.25, 0.3) is 0 Å². The van der Waals surface area contributed by atoms with E-state index in [0.717, 1.165) is 11.3 Å². The van der Waals surface area contributed by atoms with Gasteiger partial charge in [-0.2, -0.15) is 5.26 Å². The molecule has 0 aliphatic rings. The molecule has 0 saturated heterocycles. The average Bonchev–Trinajstić information content (AvgIpc) is 2.54. The Kier molecular flexibility index (Phi) is 5.05. The third-order valence-corrected chi connectivity index (χ3v) is 3.25. The lowest BCUT2D eigenvalue weighted by Crippen LogP contribution is -2.33. The SMILES string of the molecule is CC(NC(=O)C(C#N)Cc1ccccc1)c1ccccn1. The van der Waals surface area contributed by atoms with Gasteiger partial charge in [0.05, 0.1) is 17.8 Å². The van der Waals surface area contributed by atoms with E-state index in [2.05, 4.69) is 16.4 Å². The summed E-state index contributed by atoms with van der Waals surface area (Å²) in [5.74, 6) is -0.960. The summed E-state index contributed by atoms with van der Waals surface area (Å²) in [6, 6.07) is 17.0. The predicted molar refractivity (Wildman–Crippen MR) is 80.0 cm³/mol. The van der Waals surface area contributed by atoms with Crippen molar-refractivity contribution in [2.75, 3.05) is 0 Å². The van der Waals surface area contributed by atoms with Gasteiger partial charge in [0.1, 0.15) is 5.92 Å². The highest BCUT2D eigenvalue weighted by Crippen LogP contribution is 2.12. The molecular weight excluding hydrogens is 262 g/mol. The van der Waals surface area contributed by atoms with Crippen LogP contribution in [0.15, 0.2) is 54.7 Å². The van der Waals surface area contributed by atoms with Crippen LogP contribution in [-0.2, 0) is 11.2 Å². The number of aromatic nitrogens is 1. The maximum absolute atomic E-state index is 12.2. The Hall–Kier alpha value is -2.67. The predicted octanol–water partition coefficient (Wildman–Crippen LogP) is 2.64. The third-order valence-electron chi connectivity index (χ3n) is 3.25. The van der Waals surface area contributed by atoms with E-state index in [-0.39, 0.29) is 11.9 Å². The van der Waals surface area contributed by atoms with Crippen molar-refractivity contribution in [3.63, 3.8) is 0 Å². The van der Waals surface area contributed by atoms with Crippen molar-refractivity contribution in [2.24, 2.45) is 5.92 Å². The van der Waals surface area contributed by atoms with Gasteiger partial charge in [-0.05, 0) is 31.0 Å². The number of nitriles is 1. The van der Waals surface area contributed by atoms with E-state index in [9.17, 15) is 10.1 Å². The van der Waals surface area contributed by atoms with Crippen LogP contribution in [0.5, 0.6) is 0 Å². The fourth-order valence-corrected chi connectivity index (χ4v) is 2.07. The molecule has 21 heavy (non-hydrogen) atoms. The van der Waals surface area contributed by atoms with Crippen molar-refractivity contribution >= 4 is 5.91 Å². The molecule has 2 rings (SSSR count). The zero-order valence-corrected chi connectivity index (χ0v) is 11.9. The molecular formula is C17H17N3O. The first-order chi connectivity index (χ1) is 10.2. The summed E-state index contributed by atoms with van der Waals surface area (Å²) in [5, 5.41) is 12.1. The first-order valence-electron chi connectivity index (χ1n) is 6.85. The summed E-state index contributed by atoms with van der Waals surface area (Å²) in [4.78, 5) is 16.4. The van der Waals surface area contributed by atoms with Crippen LogP contribution >= 0.6 is 0 Å². The Labute approximate surface area is 124 Å². The van der Waals surface area contributed by atoms with Gasteiger partial charge in [-0.25, -0.2) is 0 Å². The maximum atomic E-state index is 12.2. The highest BCUT2D eigenvalue weighted by molar-refractivity contribution is 5.81. The van der Waals surface area contributed by atoms with Crippen molar-refractivity contribution in [3.05, 3.63) is 66.0 Å². The molecule has 2 unspecified atom stereocenters. The molecule has 4 heteroatoms. The van der Waals surface area contributed by atoms with Crippen LogP contribution in [0.4, 0.5) is 0 Å². The van der Waals surface area contributed by atoms with Gasteiger partial charge in [-0.1, -0.05) is 36.4 Å². The largest absolute Gasteiger partial charge is 0.347 e. The van der Waals surface area contributed by atoms with E-state index in [1.54, 1.807) is 6.20 Å². The number of carbonyl (C=O) groups is 1. The van der Waals surface area contributed by atoms with Gasteiger partial charge in [-0.3, -0.25) is 9.78 Å². The summed E-state index contributed by atoms with van der Waals surface area (Å²) in [6.07, 6.45) is 2.10. The van der Waals surface area contributed by atoms with Crippen molar-refractivity contribution in [1.82, 2.24) is 10.3 Å². The number of hydrogen-bond donors (Lipinski definition) is 1. The molecule has 2 atom stereocenters. The van der Waals surface area contributed by atoms with Crippen LogP contribution in [0.1, 0.15) is 24.2 Å². The number of benzene rings is 1. The lowest BCUT2D eigenvalue weighted by atomic mass is 9.99. The molecule has 106 valence electrons. The van der Waals surface area contributed by atoms with Crippen molar-refractivity contribution in [3.8, 4) is 6.07 Å². The van der Waals surface area contributed by atoms with Crippen LogP contribution in [0.25, 0.3) is 0 Å². The van der Waals surface area contributed by atoms with Crippen LogP contribution in [0.2, 0.25) is 0 Å². The van der Waals surface area contributed by atoms with Crippen LogP contribution < -0.4 is 5.32 Å². The van der Waals surface area contributed by atoms with Crippen molar-refractivity contribution in [1.29, 1.82) is 5.26 Å². The molecule has 1 N–H and O–H groups in total. The molecule has 0 spiro atoms. The molecule has 1 heterocycles. The topological polar surface area (TPSA) is 65.8 Å². The molecule has 1 aromatic heterocycles. The fourth-order valence-electron chi connectivity index (χ4n) is 2.07. The first-order valence-corrected chi connectivity index (χ1v) is 6.85. The number of amides is 1. The maximum Gasteiger partial charge on any atom is 0.238 e. The number of hydrogen-bond acceptors (Lipinski definition) is 3. The second-order valence-electron chi connectivity index (χ2n) is 4.86. The van der Waals surface area contributed by atoms with E-state index in [1.165, 1.54) is 0 Å². The zero-order chi connectivity index (χ0) is 15.1. The molecule has 1 aromatic carbocycles. The van der Waals surface area contributed by atoms with Crippen LogP contribution in [0.3, 0.4) is 0 Å². The molecule has 4 nitrogen and oxygen atoms in total. The number of rotatable bonds is 5. The van der Waals surface area contributed by atoms with Crippen LogP contribution in [-0.4, -0.2) is 10.9 Å². The molecule has 1 amide bonds. The molecule has 0 aliphatic carbocycles. The van der Waals surface area contributed by atoms with E-state index in [4.69, 9.17) is 0 Å². The molecule has 0 radical (unpaired) electrons. The van der Waals surface area contributed by atoms with Gasteiger partial charge in [0.2, 0.25) is 5.91 Å². The van der Waals surface area contributed by atoms with Gasteiger partial charge in [-0.15, -0.1) is 0 Å². The summed E-state index contributed by atoms with van der Waals surface area (Å²) in [5.41, 5.74) is 1.76. The molecule has 2 aromatic rings. The second kappa shape index (κ2) is 7.20. The number of nitrogens with one attached hydrogen (secondary N) is 1. The van der Waals surface area contributed by atoms with E-state index in [0.29, 0.717) is 6.42 Å². The van der Waals surface area contributed by atoms with Gasteiger partial charge in [0.15, 0.2) is 0 Å². The first kappa shape index (κ1) is 14.7. The minimum atomic E-state index is -0.696. The fraction of sp³-hybridized carbons (Fsp3) is 0.235. The second-order valence-corrected chi connectivity index (χ2v) is 4.86. The smallest absolute Gasteiger partial charge is 0.238 e. The molecule has 0 saturated carbocycles. The zero-order valence-electron chi connectivity index (χ0n) is 11.9. The minimum absolute atomic E-state index is 0.217. The van der Waals surface area contributed by atoms with E-state index in [1.807, 2.05) is 55.5 Å². The highest BCUT2D eigenvalue weighted by Gasteiger charge is 2.20. The van der Waals surface area contributed by atoms with Crippen molar-refractivity contribution in [2.45, 2.75) is 19.4 Å². The van der Waals surface area contributed by atoms with E-state index >= 15 is 0 Å². The quantitative estimate of drug-likeness (QED) is 0.915. The van der Waals surface area contributed by atoms with E-state index < -0.39 is 5.92 Å². The highest BCUT2D eigenvalue weighted by atomic mass is 16.1. The third kappa shape index (κ3) is 4.15. The van der Waals surface area contributed by atoms with Crippen LogP contribution in [0, 0.1) is 17.2 Å². The molecule has 0 bridgehead atoms. The Morgan fingerprint density at radius 2 is 1.95 bits per heavy atom. The lowest BCUT2D eigenvalue weighted by molar-refractivity contribution is -0.124. The number of carbonyl (C=O) groups excluding carboxylic acids is 1. The van der Waals surface area contributed by atoms with Gasteiger partial charge >= 0.3 is 0 Å². The average molecular weight is 279 g/mol. The van der Waals surface area contributed by atoms with Gasteiger partial charge in [0, 0.05) is 6.20 Å². The summed E-state index contributed by atoms with van der Waals surface area (Å²) in [7, 11) is 0. The number of nitrogens with zero attached hydrogens (tertiary/aromatic N) is 2. The summed E-state index contributed by atoms with van der Waals surface area (Å²) in [6.45, 7) is 1.86. The standard InChI is InChI=1S/C17H17N3O/c1-13(16-9-5-6-10-19-16)20-17(21)15(12-18)11-14-7-3-2-4-8-14/h2-10,13,15H,11H2,1H3,(H,20,21). The monoisotopic (exact) mass is 279 g/mol. The Balaban J connectivity index is 1.99.